The highest BCUT2D eigenvalue weighted by Gasteiger charge is 2.03. The highest BCUT2D eigenvalue weighted by atomic mass is 15.1. The van der Waals surface area contributed by atoms with E-state index in [0.717, 1.165) is 24.5 Å². The van der Waals surface area contributed by atoms with Crippen molar-refractivity contribution in [3.05, 3.63) is 42.6 Å². The van der Waals surface area contributed by atoms with Gasteiger partial charge in [-0.05, 0) is 18.6 Å². The molecule has 0 aliphatic rings. The average Bonchev–Trinajstić information content (AvgIpc) is 2.68. The molecule has 0 fully saturated rings. The van der Waals surface area contributed by atoms with Crippen LogP contribution in [0.4, 0.5) is 0 Å². The molecule has 3 heteroatoms. The molecule has 0 saturated carbocycles. The summed E-state index contributed by atoms with van der Waals surface area (Å²) in [6, 6.07) is 5.89. The molecule has 14 heavy (non-hydrogen) atoms. The van der Waals surface area contributed by atoms with Gasteiger partial charge in [-0.2, -0.15) is 0 Å². The van der Waals surface area contributed by atoms with Crippen LogP contribution in [0.25, 0.3) is 5.82 Å². The Morgan fingerprint density at radius 2 is 2.14 bits per heavy atom. The first-order chi connectivity index (χ1) is 6.92. The predicted octanol–water partition coefficient (Wildman–Crippen LogP) is 2.22. The largest absolute Gasteiger partial charge is 0.288 e. The van der Waals surface area contributed by atoms with Crippen LogP contribution in [0.5, 0.6) is 0 Å². The van der Waals surface area contributed by atoms with Crippen molar-refractivity contribution in [1.82, 2.24) is 14.5 Å². The van der Waals surface area contributed by atoms with Gasteiger partial charge in [-0.3, -0.25) is 4.57 Å². The van der Waals surface area contributed by atoms with E-state index in [1.807, 2.05) is 35.2 Å². The van der Waals surface area contributed by atoms with Crippen molar-refractivity contribution in [2.45, 2.75) is 19.8 Å². The smallest absolute Gasteiger partial charge is 0.137 e. The molecule has 0 bridgehead atoms. The average molecular weight is 187 g/mol. The first kappa shape index (κ1) is 8.94. The first-order valence-corrected chi connectivity index (χ1v) is 4.85. The van der Waals surface area contributed by atoms with Gasteiger partial charge in [0, 0.05) is 25.0 Å². The molecular weight excluding hydrogens is 174 g/mol. The second kappa shape index (κ2) is 4.05. The van der Waals surface area contributed by atoms with Crippen molar-refractivity contribution >= 4 is 0 Å². The Balaban J connectivity index is 2.37. The minimum absolute atomic E-state index is 0.938. The Bertz CT molecular complexity index is 392. The van der Waals surface area contributed by atoms with Crippen molar-refractivity contribution in [3.8, 4) is 5.82 Å². The maximum Gasteiger partial charge on any atom is 0.137 e. The third kappa shape index (κ3) is 1.66. The van der Waals surface area contributed by atoms with Crippen LogP contribution < -0.4 is 0 Å². The summed E-state index contributed by atoms with van der Waals surface area (Å²) in [4.78, 5) is 8.59. The van der Waals surface area contributed by atoms with Crippen LogP contribution in [-0.2, 0) is 6.42 Å². The lowest BCUT2D eigenvalue weighted by Gasteiger charge is -2.04. The molecule has 0 amide bonds. The van der Waals surface area contributed by atoms with Crippen molar-refractivity contribution in [3.63, 3.8) is 0 Å². The first-order valence-electron chi connectivity index (χ1n) is 4.85. The summed E-state index contributed by atoms with van der Waals surface area (Å²) >= 11 is 0. The molecule has 2 aromatic rings. The Morgan fingerprint density at radius 1 is 1.21 bits per heavy atom. The molecule has 0 unspecified atom stereocenters. The zero-order valence-corrected chi connectivity index (χ0v) is 8.22. The maximum atomic E-state index is 4.31. The van der Waals surface area contributed by atoms with Crippen LogP contribution in [0.1, 0.15) is 19.2 Å². The second-order valence-electron chi connectivity index (χ2n) is 3.15. The topological polar surface area (TPSA) is 30.7 Å². The van der Waals surface area contributed by atoms with Crippen LogP contribution in [-0.4, -0.2) is 14.5 Å². The van der Waals surface area contributed by atoms with E-state index < -0.39 is 0 Å². The molecule has 2 rings (SSSR count). The van der Waals surface area contributed by atoms with Gasteiger partial charge in [-0.15, -0.1) is 0 Å². The standard InChI is InChI=1S/C11H13N3/c1-2-5-10-13-8-9-14(10)11-6-3-4-7-12-11/h3-4,6-9H,2,5H2,1H3. The molecule has 0 saturated heterocycles. The van der Waals surface area contributed by atoms with Gasteiger partial charge >= 0.3 is 0 Å². The number of nitrogens with zero attached hydrogens (tertiary/aromatic N) is 3. The second-order valence-corrected chi connectivity index (χ2v) is 3.15. The van der Waals surface area contributed by atoms with E-state index in [-0.39, 0.29) is 0 Å². The van der Waals surface area contributed by atoms with Crippen molar-refractivity contribution in [1.29, 1.82) is 0 Å². The molecule has 72 valence electrons. The summed E-state index contributed by atoms with van der Waals surface area (Å²) in [7, 11) is 0. The van der Waals surface area contributed by atoms with Crippen LogP contribution in [0.2, 0.25) is 0 Å². The van der Waals surface area contributed by atoms with Gasteiger partial charge < -0.3 is 0 Å². The van der Waals surface area contributed by atoms with E-state index in [0.29, 0.717) is 0 Å². The molecule has 0 radical (unpaired) electrons. The number of pyridine rings is 1. The number of hydrogen-bond donors (Lipinski definition) is 0. The minimum atomic E-state index is 0.938. The van der Waals surface area contributed by atoms with Gasteiger partial charge in [0.1, 0.15) is 11.6 Å². The molecule has 0 spiro atoms. The Kier molecular flexibility index (Phi) is 2.58. The number of hydrogen-bond acceptors (Lipinski definition) is 2. The Hall–Kier alpha value is -1.64. The van der Waals surface area contributed by atoms with Gasteiger partial charge in [0.2, 0.25) is 0 Å². The number of aromatic nitrogens is 3. The lowest BCUT2D eigenvalue weighted by atomic mass is 10.3. The fourth-order valence-electron chi connectivity index (χ4n) is 1.45. The molecule has 0 aliphatic heterocycles. The third-order valence-corrected chi connectivity index (χ3v) is 2.09. The minimum Gasteiger partial charge on any atom is -0.288 e. The van der Waals surface area contributed by atoms with Gasteiger partial charge in [-0.25, -0.2) is 9.97 Å². The van der Waals surface area contributed by atoms with E-state index >= 15 is 0 Å². The maximum absolute atomic E-state index is 4.31. The van der Waals surface area contributed by atoms with E-state index in [1.165, 1.54) is 0 Å². The quantitative estimate of drug-likeness (QED) is 0.737. The fraction of sp³-hybridized carbons (Fsp3) is 0.273. The highest BCUT2D eigenvalue weighted by Crippen LogP contribution is 2.08. The zero-order chi connectivity index (χ0) is 9.80. The monoisotopic (exact) mass is 187 g/mol. The van der Waals surface area contributed by atoms with Gasteiger partial charge in [-0.1, -0.05) is 13.0 Å². The predicted molar refractivity (Wildman–Crippen MR) is 55.4 cm³/mol. The van der Waals surface area contributed by atoms with Crippen LogP contribution >= 0.6 is 0 Å². The van der Waals surface area contributed by atoms with E-state index in [2.05, 4.69) is 16.9 Å². The SMILES string of the molecule is CCCc1nccn1-c1ccccn1. The fourth-order valence-corrected chi connectivity index (χ4v) is 1.45. The molecule has 0 aromatic carbocycles. The van der Waals surface area contributed by atoms with Gasteiger partial charge in [0.25, 0.3) is 0 Å². The summed E-state index contributed by atoms with van der Waals surface area (Å²) in [5.74, 6) is 2.01. The number of imidazole rings is 1. The van der Waals surface area contributed by atoms with Crippen LogP contribution in [0.15, 0.2) is 36.8 Å². The van der Waals surface area contributed by atoms with Gasteiger partial charge in [0.05, 0.1) is 0 Å². The lowest BCUT2D eigenvalue weighted by molar-refractivity contribution is 0.798. The lowest BCUT2D eigenvalue weighted by Crippen LogP contribution is -2.01. The third-order valence-electron chi connectivity index (χ3n) is 2.09. The Morgan fingerprint density at radius 3 is 2.86 bits per heavy atom. The van der Waals surface area contributed by atoms with Gasteiger partial charge in [0.15, 0.2) is 0 Å². The van der Waals surface area contributed by atoms with E-state index in [4.69, 9.17) is 0 Å². The van der Waals surface area contributed by atoms with Crippen molar-refractivity contribution < 1.29 is 0 Å². The zero-order valence-electron chi connectivity index (χ0n) is 8.22. The Labute approximate surface area is 83.4 Å². The van der Waals surface area contributed by atoms with Crippen LogP contribution in [0.3, 0.4) is 0 Å². The van der Waals surface area contributed by atoms with Crippen molar-refractivity contribution in [2.75, 3.05) is 0 Å². The summed E-state index contributed by atoms with van der Waals surface area (Å²) in [6.45, 7) is 2.15. The molecule has 2 heterocycles. The number of aryl methyl sites for hydroxylation is 1. The normalized spacial score (nSPS) is 10.4. The van der Waals surface area contributed by atoms with Crippen molar-refractivity contribution in [2.24, 2.45) is 0 Å². The molecule has 0 aliphatic carbocycles. The van der Waals surface area contributed by atoms with Crippen LogP contribution in [0, 0.1) is 0 Å². The summed E-state index contributed by atoms with van der Waals surface area (Å²) in [5.41, 5.74) is 0. The van der Waals surface area contributed by atoms with E-state index in [1.54, 1.807) is 6.20 Å². The summed E-state index contributed by atoms with van der Waals surface area (Å²) < 4.78 is 2.03. The summed E-state index contributed by atoms with van der Waals surface area (Å²) in [5, 5.41) is 0. The summed E-state index contributed by atoms with van der Waals surface area (Å²) in [6.07, 6.45) is 7.66. The highest BCUT2D eigenvalue weighted by molar-refractivity contribution is 5.23. The van der Waals surface area contributed by atoms with E-state index in [9.17, 15) is 0 Å². The molecule has 2 aromatic heterocycles. The molecule has 0 N–H and O–H groups in total. The number of rotatable bonds is 3. The molecule has 0 atom stereocenters. The molecular formula is C11H13N3. The molecule has 3 nitrogen and oxygen atoms in total.